The van der Waals surface area contributed by atoms with Crippen molar-refractivity contribution in [3.8, 4) is 5.75 Å². The van der Waals surface area contributed by atoms with Crippen LogP contribution in [0.3, 0.4) is 0 Å². The maximum atomic E-state index is 10.9. The van der Waals surface area contributed by atoms with E-state index in [1.54, 1.807) is 0 Å². The molecule has 0 saturated carbocycles. The Morgan fingerprint density at radius 3 is 2.56 bits per heavy atom. The van der Waals surface area contributed by atoms with Crippen molar-refractivity contribution in [2.45, 2.75) is 53.6 Å². The molecule has 9 heteroatoms. The van der Waals surface area contributed by atoms with Gasteiger partial charge in [-0.2, -0.15) is 5.10 Å². The van der Waals surface area contributed by atoms with Crippen molar-refractivity contribution in [2.24, 2.45) is 10.2 Å². The summed E-state index contributed by atoms with van der Waals surface area (Å²) < 4.78 is 1.96. The van der Waals surface area contributed by atoms with Gasteiger partial charge >= 0.3 is 0 Å². The van der Waals surface area contributed by atoms with Crippen LogP contribution >= 0.6 is 0 Å². The standard InChI is InChI=1S/C23H30N8O.C2H6/c1-3-17-12-20(26-27-22(13-17)29-8-6-24-7-9-29)19-5-4-18(14-21(19)32)30-10-11-31-23(15-30)25-16(2)28-31;1-2/h4-5,12,14,24,32H,3,6-11,13,15H2,1-2H3;1-2H3. The second kappa shape index (κ2) is 10.8. The lowest BCUT2D eigenvalue weighted by Gasteiger charge is -2.29. The number of nitrogens with zero attached hydrogens (tertiary/aromatic N) is 7. The van der Waals surface area contributed by atoms with Gasteiger partial charge in [-0.25, -0.2) is 9.67 Å². The summed E-state index contributed by atoms with van der Waals surface area (Å²) in [5.74, 6) is 2.98. The molecule has 9 nitrogen and oxygen atoms in total. The SMILES string of the molecule is CC.CCC1=CC(c2ccc(N3CCn4nc(C)nc4C3)cc2O)=NN=C(N2CCNCC2)C1. The summed E-state index contributed by atoms with van der Waals surface area (Å²) in [6, 6.07) is 5.81. The minimum Gasteiger partial charge on any atom is -0.507 e. The minimum absolute atomic E-state index is 0.219. The molecule has 0 spiro atoms. The number of anilines is 1. The molecule has 1 fully saturated rings. The third-order valence-electron chi connectivity index (χ3n) is 6.33. The van der Waals surface area contributed by atoms with Gasteiger partial charge in [0.15, 0.2) is 0 Å². The summed E-state index contributed by atoms with van der Waals surface area (Å²) >= 11 is 0. The predicted molar refractivity (Wildman–Crippen MR) is 137 cm³/mol. The first-order valence-corrected chi connectivity index (χ1v) is 12.4. The van der Waals surface area contributed by atoms with E-state index in [4.69, 9.17) is 0 Å². The average Bonchev–Trinajstić information content (AvgIpc) is 3.11. The molecule has 0 aliphatic carbocycles. The number of nitrogens with one attached hydrogen (secondary N) is 1. The largest absolute Gasteiger partial charge is 0.507 e. The molecule has 3 aliphatic heterocycles. The number of phenolic OH excluding ortho intramolecular Hbond substituents is 1. The summed E-state index contributed by atoms with van der Waals surface area (Å²) in [4.78, 5) is 9.04. The zero-order chi connectivity index (χ0) is 24.1. The number of rotatable bonds is 3. The molecule has 0 radical (unpaired) electrons. The highest BCUT2D eigenvalue weighted by molar-refractivity contribution is 6.12. The lowest BCUT2D eigenvalue weighted by Crippen LogP contribution is -2.46. The molecular weight excluding hydrogens is 428 g/mol. The van der Waals surface area contributed by atoms with E-state index in [1.165, 1.54) is 5.57 Å². The number of benzene rings is 1. The van der Waals surface area contributed by atoms with Gasteiger partial charge in [0.25, 0.3) is 0 Å². The van der Waals surface area contributed by atoms with Crippen molar-refractivity contribution >= 4 is 17.2 Å². The highest BCUT2D eigenvalue weighted by atomic mass is 16.3. The Labute approximate surface area is 201 Å². The van der Waals surface area contributed by atoms with Crippen LogP contribution in [0.4, 0.5) is 5.69 Å². The van der Waals surface area contributed by atoms with Crippen LogP contribution in [0.15, 0.2) is 40.1 Å². The third kappa shape index (κ3) is 5.14. The van der Waals surface area contributed by atoms with Gasteiger partial charge in [0, 0.05) is 56.5 Å². The molecule has 1 saturated heterocycles. The van der Waals surface area contributed by atoms with Crippen LogP contribution < -0.4 is 10.2 Å². The van der Waals surface area contributed by atoms with Crippen molar-refractivity contribution in [3.63, 3.8) is 0 Å². The quantitative estimate of drug-likeness (QED) is 0.725. The molecular formula is C25H36N8O. The lowest BCUT2D eigenvalue weighted by atomic mass is 10.0. The Morgan fingerprint density at radius 1 is 1.03 bits per heavy atom. The molecule has 0 unspecified atom stereocenters. The van der Waals surface area contributed by atoms with E-state index in [9.17, 15) is 5.11 Å². The number of hydrogen-bond acceptors (Lipinski definition) is 8. The Hall–Kier alpha value is -3.20. The first kappa shape index (κ1) is 23.9. The monoisotopic (exact) mass is 464 g/mol. The van der Waals surface area contributed by atoms with E-state index in [-0.39, 0.29) is 5.75 Å². The van der Waals surface area contributed by atoms with E-state index >= 15 is 0 Å². The van der Waals surface area contributed by atoms with Crippen LogP contribution in [-0.2, 0) is 13.1 Å². The Morgan fingerprint density at radius 2 is 1.82 bits per heavy atom. The van der Waals surface area contributed by atoms with Crippen molar-refractivity contribution in [1.29, 1.82) is 0 Å². The molecule has 0 amide bonds. The fourth-order valence-corrected chi connectivity index (χ4v) is 4.49. The van der Waals surface area contributed by atoms with Crippen molar-refractivity contribution in [3.05, 3.63) is 47.1 Å². The number of hydrogen-bond donors (Lipinski definition) is 2. The zero-order valence-corrected chi connectivity index (χ0v) is 20.8. The van der Waals surface area contributed by atoms with Gasteiger partial charge < -0.3 is 20.2 Å². The maximum absolute atomic E-state index is 10.9. The maximum Gasteiger partial charge on any atom is 0.147 e. The summed E-state index contributed by atoms with van der Waals surface area (Å²) in [6.45, 7) is 14.2. The summed E-state index contributed by atoms with van der Waals surface area (Å²) in [5, 5.41) is 27.9. The highest BCUT2D eigenvalue weighted by Crippen LogP contribution is 2.29. The van der Waals surface area contributed by atoms with Gasteiger partial charge in [-0.3, -0.25) is 0 Å². The zero-order valence-electron chi connectivity index (χ0n) is 20.8. The molecule has 182 valence electrons. The molecule has 2 N–H and O–H groups in total. The summed E-state index contributed by atoms with van der Waals surface area (Å²) in [5.41, 5.74) is 3.66. The first-order chi connectivity index (χ1) is 16.6. The first-order valence-electron chi connectivity index (χ1n) is 12.4. The number of amidine groups is 1. The van der Waals surface area contributed by atoms with Crippen LogP contribution in [0.1, 0.15) is 50.8 Å². The van der Waals surface area contributed by atoms with Crippen molar-refractivity contribution in [2.75, 3.05) is 37.6 Å². The topological polar surface area (TPSA) is 94.2 Å². The predicted octanol–water partition coefficient (Wildman–Crippen LogP) is 3.09. The molecule has 2 aromatic rings. The van der Waals surface area contributed by atoms with Crippen LogP contribution in [0, 0.1) is 6.92 Å². The third-order valence-corrected chi connectivity index (χ3v) is 6.33. The van der Waals surface area contributed by atoms with Gasteiger partial charge in [0.1, 0.15) is 23.2 Å². The smallest absolute Gasteiger partial charge is 0.147 e. The van der Waals surface area contributed by atoms with Crippen LogP contribution in [0.25, 0.3) is 0 Å². The number of aromatic nitrogens is 3. The van der Waals surface area contributed by atoms with Crippen molar-refractivity contribution in [1.82, 2.24) is 25.0 Å². The average molecular weight is 465 g/mol. The van der Waals surface area contributed by atoms with Gasteiger partial charge in [0.2, 0.25) is 0 Å². The molecule has 5 rings (SSSR count). The van der Waals surface area contributed by atoms with Crippen LogP contribution in [-0.4, -0.2) is 69.0 Å². The summed E-state index contributed by atoms with van der Waals surface area (Å²) in [6.07, 6.45) is 3.81. The Kier molecular flexibility index (Phi) is 7.62. The van der Waals surface area contributed by atoms with Crippen LogP contribution in [0.2, 0.25) is 0 Å². The fourth-order valence-electron chi connectivity index (χ4n) is 4.49. The van der Waals surface area contributed by atoms with E-state index in [0.29, 0.717) is 17.8 Å². The van der Waals surface area contributed by atoms with Gasteiger partial charge in [0.05, 0.1) is 18.8 Å². The number of phenols is 1. The highest BCUT2D eigenvalue weighted by Gasteiger charge is 2.22. The van der Waals surface area contributed by atoms with Gasteiger partial charge in [-0.1, -0.05) is 26.3 Å². The molecule has 1 aromatic carbocycles. The van der Waals surface area contributed by atoms with E-state index in [0.717, 1.165) is 75.3 Å². The number of fused-ring (bicyclic) bond motifs is 1. The van der Waals surface area contributed by atoms with E-state index in [1.807, 2.05) is 43.7 Å². The molecule has 34 heavy (non-hydrogen) atoms. The lowest BCUT2D eigenvalue weighted by molar-refractivity contribution is 0.352. The number of allylic oxidation sites excluding steroid dienone is 1. The van der Waals surface area contributed by atoms with Crippen LogP contribution in [0.5, 0.6) is 5.75 Å². The normalized spacial score (nSPS) is 18.2. The second-order valence-electron chi connectivity index (χ2n) is 8.49. The minimum atomic E-state index is 0.219. The Bertz CT molecular complexity index is 1090. The number of aryl methyl sites for hydroxylation is 1. The molecule has 1 aromatic heterocycles. The molecule has 3 aliphatic rings. The van der Waals surface area contributed by atoms with Crippen molar-refractivity contribution < 1.29 is 5.11 Å². The number of aromatic hydroxyl groups is 1. The second-order valence-corrected chi connectivity index (χ2v) is 8.49. The Balaban J connectivity index is 0.00000133. The molecule has 4 heterocycles. The molecule has 0 bridgehead atoms. The fraction of sp³-hybridized carbons (Fsp3) is 0.520. The van der Waals surface area contributed by atoms with E-state index < -0.39 is 0 Å². The number of piperazine rings is 1. The van der Waals surface area contributed by atoms with Gasteiger partial charge in [-0.15, -0.1) is 10.2 Å². The van der Waals surface area contributed by atoms with Gasteiger partial charge in [-0.05, 0) is 31.6 Å². The summed E-state index contributed by atoms with van der Waals surface area (Å²) in [7, 11) is 0. The molecule has 0 atom stereocenters. The van der Waals surface area contributed by atoms with E-state index in [2.05, 4.69) is 48.4 Å².